The van der Waals surface area contributed by atoms with E-state index in [9.17, 15) is 17.6 Å². The SMILES string of the molecule is CCOc1cccc2c1CN(Cc1c(C)cccc1C)C2(C)C(=O)NS(=O)(=O)c1cccc(F)n1. The summed E-state index contributed by atoms with van der Waals surface area (Å²) < 4.78 is 47.4. The van der Waals surface area contributed by atoms with Crippen molar-refractivity contribution in [2.45, 2.75) is 51.3 Å². The standard InChI is InChI=1S/C26H28FN3O4S/c1-5-34-22-12-7-11-21-20(22)16-30(15-19-17(2)9-6-10-18(19)3)26(21,4)25(31)29-35(32,33)24-14-8-13-23(27)28-24/h6-14H,5,15-16H2,1-4H3,(H,29,31). The summed E-state index contributed by atoms with van der Waals surface area (Å²) in [6.07, 6.45) is 0. The van der Waals surface area contributed by atoms with Crippen LogP contribution in [0, 0.1) is 19.8 Å². The van der Waals surface area contributed by atoms with E-state index in [4.69, 9.17) is 4.74 Å². The largest absolute Gasteiger partial charge is 0.494 e. The fraction of sp³-hybridized carbons (Fsp3) is 0.308. The third-order valence-corrected chi connectivity index (χ3v) is 7.80. The van der Waals surface area contributed by atoms with Crippen molar-refractivity contribution in [3.8, 4) is 5.75 Å². The summed E-state index contributed by atoms with van der Waals surface area (Å²) in [5.74, 6) is -1.04. The van der Waals surface area contributed by atoms with Crippen LogP contribution in [-0.2, 0) is 33.4 Å². The van der Waals surface area contributed by atoms with Crippen LogP contribution in [0.4, 0.5) is 4.39 Å². The summed E-state index contributed by atoms with van der Waals surface area (Å²) in [6.45, 7) is 8.86. The number of carbonyl (C=O) groups is 1. The number of fused-ring (bicyclic) bond motifs is 1. The zero-order valence-electron chi connectivity index (χ0n) is 20.1. The molecular formula is C26H28FN3O4S. The molecule has 0 saturated carbocycles. The first-order valence-corrected chi connectivity index (χ1v) is 12.8. The van der Waals surface area contributed by atoms with E-state index in [-0.39, 0.29) is 0 Å². The van der Waals surface area contributed by atoms with Crippen LogP contribution in [0.5, 0.6) is 5.75 Å². The topological polar surface area (TPSA) is 88.6 Å². The van der Waals surface area contributed by atoms with Gasteiger partial charge < -0.3 is 4.74 Å². The monoisotopic (exact) mass is 497 g/mol. The van der Waals surface area contributed by atoms with Crippen molar-refractivity contribution in [2.24, 2.45) is 0 Å². The highest BCUT2D eigenvalue weighted by molar-refractivity contribution is 7.90. The lowest BCUT2D eigenvalue weighted by atomic mass is 9.90. The summed E-state index contributed by atoms with van der Waals surface area (Å²) in [7, 11) is -4.40. The number of carbonyl (C=O) groups excluding carboxylic acids is 1. The second-order valence-corrected chi connectivity index (χ2v) is 10.4. The molecular weight excluding hydrogens is 469 g/mol. The van der Waals surface area contributed by atoms with Crippen molar-refractivity contribution in [3.05, 3.63) is 88.4 Å². The number of nitrogens with zero attached hydrogens (tertiary/aromatic N) is 2. The van der Waals surface area contributed by atoms with Crippen LogP contribution < -0.4 is 9.46 Å². The van der Waals surface area contributed by atoms with Crippen LogP contribution in [0.1, 0.15) is 41.7 Å². The number of hydrogen-bond donors (Lipinski definition) is 1. The predicted molar refractivity (Wildman–Crippen MR) is 130 cm³/mol. The van der Waals surface area contributed by atoms with E-state index in [1.165, 1.54) is 6.07 Å². The molecule has 9 heteroatoms. The number of ether oxygens (including phenoxy) is 1. The maximum Gasteiger partial charge on any atom is 0.281 e. The molecule has 0 spiro atoms. The molecule has 3 aromatic rings. The summed E-state index contributed by atoms with van der Waals surface area (Å²) >= 11 is 0. The van der Waals surface area contributed by atoms with Crippen molar-refractivity contribution in [2.75, 3.05) is 6.61 Å². The Morgan fingerprint density at radius 1 is 1.11 bits per heavy atom. The number of hydrogen-bond acceptors (Lipinski definition) is 6. The number of halogens is 1. The Hall–Kier alpha value is -3.30. The summed E-state index contributed by atoms with van der Waals surface area (Å²) in [5, 5.41) is -0.558. The van der Waals surface area contributed by atoms with Gasteiger partial charge in [-0.15, -0.1) is 0 Å². The van der Waals surface area contributed by atoms with Crippen molar-refractivity contribution in [3.63, 3.8) is 0 Å². The zero-order valence-corrected chi connectivity index (χ0v) is 20.9. The van der Waals surface area contributed by atoms with E-state index in [1.54, 1.807) is 13.0 Å². The lowest BCUT2D eigenvalue weighted by molar-refractivity contribution is -0.131. The molecule has 2 heterocycles. The van der Waals surface area contributed by atoms with Gasteiger partial charge in [-0.3, -0.25) is 9.69 Å². The Morgan fingerprint density at radius 2 is 1.77 bits per heavy atom. The Bertz CT molecular complexity index is 1370. The van der Waals surface area contributed by atoms with E-state index in [1.807, 2.05) is 56.0 Å². The molecule has 0 saturated heterocycles. The molecule has 1 atom stereocenters. The number of aryl methyl sites for hydroxylation is 2. The number of rotatable bonds is 7. The number of amides is 1. The lowest BCUT2D eigenvalue weighted by Gasteiger charge is -2.35. The van der Waals surface area contributed by atoms with E-state index < -0.39 is 32.4 Å². The van der Waals surface area contributed by atoms with E-state index >= 15 is 0 Å². The second kappa shape index (κ2) is 9.39. The smallest absolute Gasteiger partial charge is 0.281 e. The number of aromatic nitrogens is 1. The van der Waals surface area contributed by atoms with Crippen molar-refractivity contribution in [1.29, 1.82) is 0 Å². The molecule has 2 aromatic carbocycles. The van der Waals surface area contributed by atoms with Gasteiger partial charge in [0.05, 0.1) is 6.61 Å². The van der Waals surface area contributed by atoms with Crippen LogP contribution in [0.2, 0.25) is 0 Å². The normalized spacial score (nSPS) is 17.7. The molecule has 1 amide bonds. The Balaban J connectivity index is 1.78. The fourth-order valence-corrected chi connectivity index (χ4v) is 5.59. The number of nitrogens with one attached hydrogen (secondary N) is 1. The minimum atomic E-state index is -4.40. The van der Waals surface area contributed by atoms with Gasteiger partial charge in [0.15, 0.2) is 5.03 Å². The van der Waals surface area contributed by atoms with Gasteiger partial charge in [0.25, 0.3) is 15.9 Å². The van der Waals surface area contributed by atoms with Crippen LogP contribution in [0.15, 0.2) is 59.6 Å². The molecule has 0 fully saturated rings. The second-order valence-electron chi connectivity index (χ2n) is 8.75. The molecule has 0 radical (unpaired) electrons. The van der Waals surface area contributed by atoms with Gasteiger partial charge >= 0.3 is 0 Å². The van der Waals surface area contributed by atoms with E-state index in [0.717, 1.165) is 34.4 Å². The molecule has 1 aliphatic rings. The molecule has 1 unspecified atom stereocenters. The van der Waals surface area contributed by atoms with Gasteiger partial charge in [-0.05, 0) is 68.1 Å². The first kappa shape index (κ1) is 24.8. The number of benzene rings is 2. The highest BCUT2D eigenvalue weighted by atomic mass is 32.2. The molecule has 1 aliphatic heterocycles. The van der Waals surface area contributed by atoms with Crippen molar-refractivity contribution in [1.82, 2.24) is 14.6 Å². The van der Waals surface area contributed by atoms with Crippen LogP contribution in [0.3, 0.4) is 0 Å². The lowest BCUT2D eigenvalue weighted by Crippen LogP contribution is -2.52. The van der Waals surface area contributed by atoms with Crippen LogP contribution in [0.25, 0.3) is 0 Å². The Labute approximate surface area is 205 Å². The van der Waals surface area contributed by atoms with Gasteiger partial charge in [0.1, 0.15) is 11.3 Å². The quantitative estimate of drug-likeness (QED) is 0.497. The van der Waals surface area contributed by atoms with Crippen LogP contribution >= 0.6 is 0 Å². The van der Waals surface area contributed by atoms with Gasteiger partial charge in [0, 0.05) is 18.7 Å². The first-order valence-electron chi connectivity index (χ1n) is 11.3. The maximum atomic E-state index is 13.7. The summed E-state index contributed by atoms with van der Waals surface area (Å²) in [4.78, 5) is 19.1. The third-order valence-electron chi connectivity index (χ3n) is 6.57. The van der Waals surface area contributed by atoms with E-state index in [2.05, 4.69) is 9.71 Å². The average molecular weight is 498 g/mol. The minimum Gasteiger partial charge on any atom is -0.494 e. The van der Waals surface area contributed by atoms with Gasteiger partial charge in [-0.1, -0.05) is 36.4 Å². The molecule has 4 rings (SSSR count). The van der Waals surface area contributed by atoms with Crippen LogP contribution in [-0.4, -0.2) is 30.8 Å². The summed E-state index contributed by atoms with van der Waals surface area (Å²) in [6, 6.07) is 14.9. The Kier molecular flexibility index (Phi) is 6.66. The molecule has 1 N–H and O–H groups in total. The number of pyridine rings is 1. The van der Waals surface area contributed by atoms with Gasteiger partial charge in [0.2, 0.25) is 5.95 Å². The molecule has 0 aliphatic carbocycles. The van der Waals surface area contributed by atoms with Crippen molar-refractivity contribution >= 4 is 15.9 Å². The highest BCUT2D eigenvalue weighted by Gasteiger charge is 2.49. The third kappa shape index (κ3) is 4.53. The zero-order chi connectivity index (χ0) is 25.4. The molecule has 7 nitrogen and oxygen atoms in total. The minimum absolute atomic E-state index is 0.390. The summed E-state index contributed by atoms with van der Waals surface area (Å²) in [5.41, 5.74) is 3.37. The maximum absolute atomic E-state index is 13.7. The number of sulfonamides is 1. The fourth-order valence-electron chi connectivity index (χ4n) is 4.58. The predicted octanol–water partition coefficient (Wildman–Crippen LogP) is 3.97. The molecule has 35 heavy (non-hydrogen) atoms. The van der Waals surface area contributed by atoms with Gasteiger partial charge in [-0.25, -0.2) is 9.71 Å². The van der Waals surface area contributed by atoms with Crippen molar-refractivity contribution < 1.29 is 22.3 Å². The first-order chi connectivity index (χ1) is 16.6. The molecule has 1 aromatic heterocycles. The average Bonchev–Trinajstić information content (AvgIpc) is 3.10. The molecule has 0 bridgehead atoms. The highest BCUT2D eigenvalue weighted by Crippen LogP contribution is 2.44. The molecule has 184 valence electrons. The van der Waals surface area contributed by atoms with Gasteiger partial charge in [-0.2, -0.15) is 12.8 Å². The Morgan fingerprint density at radius 3 is 2.43 bits per heavy atom. The van der Waals surface area contributed by atoms with E-state index in [0.29, 0.717) is 31.0 Å².